The lowest BCUT2D eigenvalue weighted by Gasteiger charge is -2.34. The molecule has 2 unspecified atom stereocenters. The summed E-state index contributed by atoms with van der Waals surface area (Å²) >= 11 is 0. The highest BCUT2D eigenvalue weighted by Crippen LogP contribution is 2.35. The van der Waals surface area contributed by atoms with Crippen molar-refractivity contribution in [1.29, 1.82) is 0 Å². The Labute approximate surface area is 150 Å². The van der Waals surface area contributed by atoms with Gasteiger partial charge in [0.25, 0.3) is 0 Å². The fraction of sp³-hybridized carbons (Fsp3) is 0.476. The number of aromatic nitrogens is 1. The molecule has 1 N–H and O–H groups in total. The molecule has 2 fully saturated rings. The van der Waals surface area contributed by atoms with Crippen LogP contribution in [0.2, 0.25) is 0 Å². The van der Waals surface area contributed by atoms with Crippen molar-refractivity contribution in [3.8, 4) is 5.75 Å². The van der Waals surface area contributed by atoms with E-state index in [0.29, 0.717) is 0 Å². The smallest absolute Gasteiger partial charge is 0.123 e. The van der Waals surface area contributed by atoms with Gasteiger partial charge >= 0.3 is 0 Å². The zero-order valence-electron chi connectivity index (χ0n) is 15.0. The molecule has 2 bridgehead atoms. The summed E-state index contributed by atoms with van der Waals surface area (Å²) < 4.78 is 6.41. The fourth-order valence-corrected chi connectivity index (χ4v) is 4.05. The third-order valence-electron chi connectivity index (χ3n) is 5.54. The average molecular weight is 337 g/mol. The van der Waals surface area contributed by atoms with Crippen molar-refractivity contribution in [3.63, 3.8) is 0 Å². The molecule has 3 heterocycles. The summed E-state index contributed by atoms with van der Waals surface area (Å²) in [6.45, 7) is 7.36. The van der Waals surface area contributed by atoms with E-state index in [1.807, 2.05) is 12.4 Å². The second-order valence-electron chi connectivity index (χ2n) is 7.46. The van der Waals surface area contributed by atoms with Crippen LogP contribution in [-0.2, 0) is 13.1 Å². The summed E-state index contributed by atoms with van der Waals surface area (Å²) in [6.07, 6.45) is 7.39. The zero-order chi connectivity index (χ0) is 17.1. The number of piperidine rings is 1. The van der Waals surface area contributed by atoms with Gasteiger partial charge in [0.05, 0.1) is 0 Å². The lowest BCUT2D eigenvalue weighted by atomic mass is 9.94. The van der Waals surface area contributed by atoms with Crippen molar-refractivity contribution < 1.29 is 4.74 Å². The van der Waals surface area contributed by atoms with Gasteiger partial charge in [-0.25, -0.2) is 0 Å². The largest absolute Gasteiger partial charge is 0.486 e. The predicted octanol–water partition coefficient (Wildman–Crippen LogP) is 3.30. The molecular weight excluding hydrogens is 310 g/mol. The summed E-state index contributed by atoms with van der Waals surface area (Å²) in [6, 6.07) is 10.7. The van der Waals surface area contributed by atoms with Crippen LogP contribution in [0.25, 0.3) is 0 Å². The Morgan fingerprint density at radius 1 is 1.12 bits per heavy atom. The van der Waals surface area contributed by atoms with Gasteiger partial charge in [-0.05, 0) is 61.2 Å². The summed E-state index contributed by atoms with van der Waals surface area (Å²) in [7, 11) is 0. The fourth-order valence-electron chi connectivity index (χ4n) is 4.05. The quantitative estimate of drug-likeness (QED) is 0.878. The molecule has 0 radical (unpaired) electrons. The van der Waals surface area contributed by atoms with Gasteiger partial charge in [0.2, 0.25) is 0 Å². The van der Waals surface area contributed by atoms with Crippen LogP contribution in [0.5, 0.6) is 5.75 Å². The minimum atomic E-state index is 0.0664. The molecule has 1 aromatic carbocycles. The molecular formula is C21H27N3O. The third-order valence-corrected chi connectivity index (χ3v) is 5.54. The van der Waals surface area contributed by atoms with Crippen LogP contribution < -0.4 is 10.1 Å². The predicted molar refractivity (Wildman–Crippen MR) is 99.6 cm³/mol. The van der Waals surface area contributed by atoms with E-state index in [-0.39, 0.29) is 5.60 Å². The Balaban J connectivity index is 1.31. The molecule has 0 saturated carbocycles. The van der Waals surface area contributed by atoms with Crippen molar-refractivity contribution in [1.82, 2.24) is 15.2 Å². The standard InChI is InChI=1S/C21H27N3O/c1-17-13-22-10-7-19(17)15-23-14-18-3-5-20(6-4-18)25-21-8-2-11-24(16-21)12-9-21/h3-7,10,13,23H,2,8-9,11-12,14-16H2,1H3. The van der Waals surface area contributed by atoms with Gasteiger partial charge in [0.1, 0.15) is 11.4 Å². The molecule has 0 amide bonds. The van der Waals surface area contributed by atoms with Gasteiger partial charge in [0, 0.05) is 45.0 Å². The van der Waals surface area contributed by atoms with E-state index in [2.05, 4.69) is 52.5 Å². The Morgan fingerprint density at radius 2 is 2.00 bits per heavy atom. The molecule has 0 spiro atoms. The van der Waals surface area contributed by atoms with Crippen LogP contribution in [0.1, 0.15) is 36.0 Å². The number of aryl methyl sites for hydroxylation is 1. The number of nitrogens with zero attached hydrogens (tertiary/aromatic N) is 2. The van der Waals surface area contributed by atoms with Gasteiger partial charge in [-0.2, -0.15) is 0 Å². The molecule has 4 heteroatoms. The number of rotatable bonds is 6. The maximum atomic E-state index is 6.41. The van der Waals surface area contributed by atoms with E-state index >= 15 is 0 Å². The first-order chi connectivity index (χ1) is 12.2. The highest BCUT2D eigenvalue weighted by Gasteiger charge is 2.42. The number of pyridine rings is 1. The number of hydrogen-bond donors (Lipinski definition) is 1. The highest BCUT2D eigenvalue weighted by molar-refractivity contribution is 5.28. The molecule has 4 nitrogen and oxygen atoms in total. The lowest BCUT2D eigenvalue weighted by Crippen LogP contribution is -2.43. The normalized spacial score (nSPS) is 25.1. The summed E-state index contributed by atoms with van der Waals surface area (Å²) in [5, 5.41) is 3.51. The maximum absolute atomic E-state index is 6.41. The van der Waals surface area contributed by atoms with Crippen LogP contribution in [0.3, 0.4) is 0 Å². The molecule has 2 saturated heterocycles. The van der Waals surface area contributed by atoms with Crippen molar-refractivity contribution in [3.05, 3.63) is 59.4 Å². The first-order valence-corrected chi connectivity index (χ1v) is 9.33. The molecule has 25 heavy (non-hydrogen) atoms. The van der Waals surface area contributed by atoms with Crippen molar-refractivity contribution in [2.45, 2.75) is 44.9 Å². The topological polar surface area (TPSA) is 37.4 Å². The number of ether oxygens (including phenoxy) is 1. The van der Waals surface area contributed by atoms with Crippen LogP contribution >= 0.6 is 0 Å². The SMILES string of the molecule is Cc1cnccc1CNCc1ccc(OC23CCCN(CC2)C3)cc1. The Hall–Kier alpha value is -1.91. The lowest BCUT2D eigenvalue weighted by molar-refractivity contribution is 0.0453. The van der Waals surface area contributed by atoms with Crippen molar-refractivity contribution in [2.75, 3.05) is 19.6 Å². The molecule has 2 aliphatic rings. The molecule has 2 aromatic rings. The van der Waals surface area contributed by atoms with Gasteiger partial charge < -0.3 is 10.1 Å². The van der Waals surface area contributed by atoms with Crippen molar-refractivity contribution in [2.24, 2.45) is 0 Å². The van der Waals surface area contributed by atoms with Crippen LogP contribution in [0.15, 0.2) is 42.7 Å². The molecule has 2 aliphatic heterocycles. The minimum absolute atomic E-state index is 0.0664. The second-order valence-corrected chi connectivity index (χ2v) is 7.46. The Morgan fingerprint density at radius 3 is 2.84 bits per heavy atom. The van der Waals surface area contributed by atoms with E-state index in [9.17, 15) is 0 Å². The highest BCUT2D eigenvalue weighted by atomic mass is 16.5. The number of benzene rings is 1. The molecule has 2 atom stereocenters. The number of fused-ring (bicyclic) bond motifs is 2. The van der Waals surface area contributed by atoms with E-state index in [0.717, 1.165) is 25.4 Å². The second kappa shape index (κ2) is 7.14. The Bertz CT molecular complexity index is 711. The van der Waals surface area contributed by atoms with E-state index in [1.54, 1.807) is 0 Å². The van der Waals surface area contributed by atoms with Gasteiger partial charge in [-0.3, -0.25) is 9.88 Å². The van der Waals surface area contributed by atoms with Crippen LogP contribution in [0, 0.1) is 6.92 Å². The average Bonchev–Trinajstić information content (AvgIpc) is 2.92. The van der Waals surface area contributed by atoms with E-state index in [4.69, 9.17) is 4.74 Å². The molecule has 132 valence electrons. The van der Waals surface area contributed by atoms with E-state index < -0.39 is 0 Å². The van der Waals surface area contributed by atoms with E-state index in [1.165, 1.54) is 49.0 Å². The number of nitrogens with one attached hydrogen (secondary N) is 1. The molecule has 1 aromatic heterocycles. The first-order valence-electron chi connectivity index (χ1n) is 9.33. The first kappa shape index (κ1) is 16.6. The van der Waals surface area contributed by atoms with Gasteiger partial charge in [0.15, 0.2) is 0 Å². The number of hydrogen-bond acceptors (Lipinski definition) is 4. The maximum Gasteiger partial charge on any atom is 0.123 e. The van der Waals surface area contributed by atoms with Crippen LogP contribution in [0.4, 0.5) is 0 Å². The summed E-state index contributed by atoms with van der Waals surface area (Å²) in [5.74, 6) is 1.01. The van der Waals surface area contributed by atoms with Gasteiger partial charge in [-0.1, -0.05) is 12.1 Å². The summed E-state index contributed by atoms with van der Waals surface area (Å²) in [4.78, 5) is 6.67. The van der Waals surface area contributed by atoms with Crippen molar-refractivity contribution >= 4 is 0 Å². The Kier molecular flexibility index (Phi) is 4.73. The molecule has 0 aliphatic carbocycles. The van der Waals surface area contributed by atoms with Crippen LogP contribution in [-0.4, -0.2) is 35.1 Å². The molecule has 4 rings (SSSR count). The zero-order valence-corrected chi connectivity index (χ0v) is 15.0. The monoisotopic (exact) mass is 337 g/mol. The minimum Gasteiger partial charge on any atom is -0.486 e. The third kappa shape index (κ3) is 3.86. The summed E-state index contributed by atoms with van der Waals surface area (Å²) in [5.41, 5.74) is 3.89. The van der Waals surface area contributed by atoms with Gasteiger partial charge in [-0.15, -0.1) is 0 Å².